The van der Waals surface area contributed by atoms with E-state index in [0.29, 0.717) is 12.2 Å². The van der Waals surface area contributed by atoms with Gasteiger partial charge < -0.3 is 16.4 Å². The summed E-state index contributed by atoms with van der Waals surface area (Å²) in [5, 5.41) is 10.2. The number of primary amides is 1. The van der Waals surface area contributed by atoms with E-state index in [1.165, 1.54) is 0 Å². The number of nitrogens with zero attached hydrogens (tertiary/aromatic N) is 2. The molecule has 0 saturated carbocycles. The molecule has 0 fully saturated rings. The molecule has 0 aliphatic carbocycles. The molecule has 0 unspecified atom stereocenters. The van der Waals surface area contributed by atoms with Crippen molar-refractivity contribution in [3.8, 4) is 11.1 Å². The van der Waals surface area contributed by atoms with E-state index in [4.69, 9.17) is 5.73 Å². The Morgan fingerprint density at radius 3 is 2.31 bits per heavy atom. The third-order valence-electron chi connectivity index (χ3n) is 3.87. The average molecular weight is 357 g/mol. The quantitative estimate of drug-likeness (QED) is 0.766. The van der Waals surface area contributed by atoms with Gasteiger partial charge in [-0.3, -0.25) is 9.48 Å². The third kappa shape index (κ3) is 5.08. The SMILES string of the molecule is Cc1nn(CCC(N)=O)c(C)c1-c1ccc(NC(=O)NC(C)(C)C)cc1. The number of aryl methyl sites for hydroxylation is 2. The van der Waals surface area contributed by atoms with Crippen LogP contribution in [-0.4, -0.2) is 27.3 Å². The summed E-state index contributed by atoms with van der Waals surface area (Å²) in [6, 6.07) is 7.37. The average Bonchev–Trinajstić information content (AvgIpc) is 2.78. The molecule has 26 heavy (non-hydrogen) atoms. The Bertz CT molecular complexity index is 801. The van der Waals surface area contributed by atoms with Crippen LogP contribution in [0, 0.1) is 13.8 Å². The van der Waals surface area contributed by atoms with E-state index in [0.717, 1.165) is 22.5 Å². The highest BCUT2D eigenvalue weighted by molar-refractivity contribution is 5.90. The Morgan fingerprint density at radius 1 is 1.15 bits per heavy atom. The zero-order valence-corrected chi connectivity index (χ0v) is 16.0. The molecule has 140 valence electrons. The minimum absolute atomic E-state index is 0.239. The van der Waals surface area contributed by atoms with Gasteiger partial charge in [-0.15, -0.1) is 0 Å². The third-order valence-corrected chi connectivity index (χ3v) is 3.87. The smallest absolute Gasteiger partial charge is 0.319 e. The second-order valence-electron chi connectivity index (χ2n) is 7.39. The molecule has 1 aromatic carbocycles. The van der Waals surface area contributed by atoms with Crippen LogP contribution in [0.4, 0.5) is 10.5 Å². The Kier molecular flexibility index (Phi) is 5.69. The topological polar surface area (TPSA) is 102 Å². The standard InChI is InChI=1S/C19H27N5O2/c1-12-17(13(2)24(23-12)11-10-16(20)25)14-6-8-15(9-7-14)21-18(26)22-19(3,4)5/h6-9H,10-11H2,1-5H3,(H2,20,25)(H2,21,22,26). The number of nitrogens with two attached hydrogens (primary N) is 1. The van der Waals surface area contributed by atoms with Gasteiger partial charge in [0.25, 0.3) is 0 Å². The van der Waals surface area contributed by atoms with Crippen molar-refractivity contribution in [2.45, 2.75) is 53.1 Å². The fourth-order valence-corrected chi connectivity index (χ4v) is 2.77. The maximum atomic E-state index is 11.9. The zero-order valence-electron chi connectivity index (χ0n) is 16.0. The predicted octanol–water partition coefficient (Wildman–Crippen LogP) is 2.96. The summed E-state index contributed by atoms with van der Waals surface area (Å²) in [6.45, 7) is 10.2. The molecule has 0 bridgehead atoms. The molecule has 0 aliphatic rings. The molecule has 2 aromatic rings. The summed E-state index contributed by atoms with van der Waals surface area (Å²) >= 11 is 0. The van der Waals surface area contributed by atoms with E-state index in [-0.39, 0.29) is 23.9 Å². The van der Waals surface area contributed by atoms with Gasteiger partial charge in [-0.25, -0.2) is 4.79 Å². The van der Waals surface area contributed by atoms with Crippen molar-refractivity contribution < 1.29 is 9.59 Å². The van der Waals surface area contributed by atoms with Gasteiger partial charge in [0.1, 0.15) is 0 Å². The van der Waals surface area contributed by atoms with Crippen molar-refractivity contribution in [3.63, 3.8) is 0 Å². The minimum atomic E-state index is -0.344. The highest BCUT2D eigenvalue weighted by atomic mass is 16.2. The van der Waals surface area contributed by atoms with Gasteiger partial charge in [0.05, 0.1) is 5.69 Å². The Balaban J connectivity index is 2.15. The lowest BCUT2D eigenvalue weighted by molar-refractivity contribution is -0.118. The molecule has 7 nitrogen and oxygen atoms in total. The lowest BCUT2D eigenvalue weighted by Crippen LogP contribution is -2.43. The highest BCUT2D eigenvalue weighted by Crippen LogP contribution is 2.28. The number of amides is 3. The van der Waals surface area contributed by atoms with Crippen LogP contribution in [0.2, 0.25) is 0 Å². The molecular weight excluding hydrogens is 330 g/mol. The van der Waals surface area contributed by atoms with Crippen LogP contribution in [0.15, 0.2) is 24.3 Å². The van der Waals surface area contributed by atoms with Crippen LogP contribution in [0.5, 0.6) is 0 Å². The van der Waals surface area contributed by atoms with Crippen LogP contribution >= 0.6 is 0 Å². The summed E-state index contributed by atoms with van der Waals surface area (Å²) < 4.78 is 1.80. The number of carbonyl (C=O) groups is 2. The van der Waals surface area contributed by atoms with Crippen LogP contribution < -0.4 is 16.4 Å². The van der Waals surface area contributed by atoms with E-state index >= 15 is 0 Å². The monoisotopic (exact) mass is 357 g/mol. The normalized spacial score (nSPS) is 11.3. The first-order valence-electron chi connectivity index (χ1n) is 8.59. The van der Waals surface area contributed by atoms with Crippen molar-refractivity contribution in [2.75, 3.05) is 5.32 Å². The van der Waals surface area contributed by atoms with Gasteiger partial charge in [0.2, 0.25) is 5.91 Å². The van der Waals surface area contributed by atoms with Crippen LogP contribution in [0.1, 0.15) is 38.6 Å². The van der Waals surface area contributed by atoms with Gasteiger partial charge >= 0.3 is 6.03 Å². The van der Waals surface area contributed by atoms with Gasteiger partial charge in [-0.05, 0) is 52.3 Å². The first-order valence-corrected chi connectivity index (χ1v) is 8.59. The molecule has 0 spiro atoms. The molecule has 1 heterocycles. The Hall–Kier alpha value is -2.83. The molecule has 0 saturated heterocycles. The number of carbonyl (C=O) groups excluding carboxylic acids is 2. The molecule has 0 radical (unpaired) electrons. The first kappa shape index (κ1) is 19.5. The van der Waals surface area contributed by atoms with Gasteiger partial charge in [0, 0.05) is 35.4 Å². The molecule has 0 atom stereocenters. The van der Waals surface area contributed by atoms with Crippen molar-refractivity contribution in [2.24, 2.45) is 5.73 Å². The highest BCUT2D eigenvalue weighted by Gasteiger charge is 2.15. The number of hydrogen-bond donors (Lipinski definition) is 3. The number of aromatic nitrogens is 2. The summed E-state index contributed by atoms with van der Waals surface area (Å²) in [6.07, 6.45) is 0.257. The van der Waals surface area contributed by atoms with Crippen molar-refractivity contribution in [3.05, 3.63) is 35.7 Å². The van der Waals surface area contributed by atoms with Gasteiger partial charge in [0.15, 0.2) is 0 Å². The maximum absolute atomic E-state index is 11.9. The summed E-state index contributed by atoms with van der Waals surface area (Å²) in [5.74, 6) is -0.344. The first-order chi connectivity index (χ1) is 12.1. The maximum Gasteiger partial charge on any atom is 0.319 e. The predicted molar refractivity (Wildman–Crippen MR) is 103 cm³/mol. The molecular formula is C19H27N5O2. The van der Waals surface area contributed by atoms with Crippen LogP contribution in [-0.2, 0) is 11.3 Å². The second kappa shape index (κ2) is 7.59. The Labute approximate surface area is 154 Å². The molecule has 4 N–H and O–H groups in total. The number of anilines is 1. The van der Waals surface area contributed by atoms with Crippen LogP contribution in [0.25, 0.3) is 11.1 Å². The number of nitrogens with one attached hydrogen (secondary N) is 2. The largest absolute Gasteiger partial charge is 0.370 e. The number of hydrogen-bond acceptors (Lipinski definition) is 3. The van der Waals surface area contributed by atoms with E-state index in [2.05, 4.69) is 15.7 Å². The molecule has 0 aliphatic heterocycles. The fourth-order valence-electron chi connectivity index (χ4n) is 2.77. The lowest BCUT2D eigenvalue weighted by atomic mass is 10.0. The van der Waals surface area contributed by atoms with E-state index in [9.17, 15) is 9.59 Å². The number of urea groups is 1. The van der Waals surface area contributed by atoms with Crippen molar-refractivity contribution >= 4 is 17.6 Å². The molecule has 3 amide bonds. The van der Waals surface area contributed by atoms with E-state index in [1.807, 2.05) is 58.9 Å². The Morgan fingerprint density at radius 2 is 1.77 bits per heavy atom. The zero-order chi connectivity index (χ0) is 19.5. The van der Waals surface area contributed by atoms with Crippen molar-refractivity contribution in [1.82, 2.24) is 15.1 Å². The van der Waals surface area contributed by atoms with E-state index in [1.54, 1.807) is 4.68 Å². The van der Waals surface area contributed by atoms with Gasteiger partial charge in [-0.1, -0.05) is 12.1 Å². The lowest BCUT2D eigenvalue weighted by Gasteiger charge is -2.20. The van der Waals surface area contributed by atoms with Crippen molar-refractivity contribution in [1.29, 1.82) is 0 Å². The van der Waals surface area contributed by atoms with Crippen LogP contribution in [0.3, 0.4) is 0 Å². The fraction of sp³-hybridized carbons (Fsp3) is 0.421. The summed E-state index contributed by atoms with van der Waals surface area (Å²) in [5.41, 5.74) is 9.55. The summed E-state index contributed by atoms with van der Waals surface area (Å²) in [7, 11) is 0. The summed E-state index contributed by atoms with van der Waals surface area (Å²) in [4.78, 5) is 22.9. The number of rotatable bonds is 5. The minimum Gasteiger partial charge on any atom is -0.370 e. The second-order valence-corrected chi connectivity index (χ2v) is 7.39. The molecule has 1 aromatic heterocycles. The van der Waals surface area contributed by atoms with E-state index < -0.39 is 0 Å². The molecule has 2 rings (SSSR count). The molecule has 7 heteroatoms. The number of benzene rings is 1. The van der Waals surface area contributed by atoms with Gasteiger partial charge in [-0.2, -0.15) is 5.10 Å².